The molecular formula is C16H23NO6. The standard InChI is InChI=1S/C16H23NO6/c1-16(2,3)23-15(20)17-11(14(18)19)9-10-12(21-4)7-6-8-13(10)22-5/h6-8,11H,9H2,1-5H3,(H,17,20)(H,18,19)/t11-/m1/s1. The Bertz CT molecular complexity index is 542. The number of hydrogen-bond donors (Lipinski definition) is 2. The molecular weight excluding hydrogens is 302 g/mol. The molecule has 0 unspecified atom stereocenters. The minimum Gasteiger partial charge on any atom is -0.496 e. The van der Waals surface area contributed by atoms with Crippen LogP contribution in [0.2, 0.25) is 0 Å². The molecule has 1 rings (SSSR count). The molecule has 0 aromatic heterocycles. The third-order valence-corrected chi connectivity index (χ3v) is 2.93. The Balaban J connectivity index is 2.97. The summed E-state index contributed by atoms with van der Waals surface area (Å²) in [6.07, 6.45) is -0.791. The van der Waals surface area contributed by atoms with E-state index in [1.54, 1.807) is 39.0 Å². The van der Waals surface area contributed by atoms with Gasteiger partial charge in [-0.1, -0.05) is 6.07 Å². The molecule has 0 saturated carbocycles. The van der Waals surface area contributed by atoms with Crippen LogP contribution in [0.25, 0.3) is 0 Å². The Morgan fingerprint density at radius 2 is 1.70 bits per heavy atom. The summed E-state index contributed by atoms with van der Waals surface area (Å²) in [5.41, 5.74) is -0.157. The SMILES string of the molecule is COc1cccc(OC)c1C[C@@H](NC(=O)OC(C)(C)C)C(=O)O. The topological polar surface area (TPSA) is 94.1 Å². The van der Waals surface area contributed by atoms with E-state index in [9.17, 15) is 14.7 Å². The van der Waals surface area contributed by atoms with Crippen LogP contribution in [0.15, 0.2) is 18.2 Å². The number of ether oxygens (including phenoxy) is 3. The maximum Gasteiger partial charge on any atom is 0.408 e. The first-order chi connectivity index (χ1) is 10.7. The van der Waals surface area contributed by atoms with Gasteiger partial charge in [-0.05, 0) is 32.9 Å². The molecule has 0 aliphatic heterocycles. The monoisotopic (exact) mass is 325 g/mol. The summed E-state index contributed by atoms with van der Waals surface area (Å²) in [6.45, 7) is 5.10. The molecule has 7 heteroatoms. The van der Waals surface area contributed by atoms with Gasteiger partial charge in [0, 0.05) is 12.0 Å². The van der Waals surface area contributed by atoms with Crippen LogP contribution in [0.1, 0.15) is 26.3 Å². The van der Waals surface area contributed by atoms with Crippen molar-refractivity contribution in [2.45, 2.75) is 38.8 Å². The zero-order chi connectivity index (χ0) is 17.6. The molecule has 23 heavy (non-hydrogen) atoms. The van der Waals surface area contributed by atoms with Gasteiger partial charge in [-0.25, -0.2) is 9.59 Å². The fourth-order valence-corrected chi connectivity index (χ4v) is 1.98. The highest BCUT2D eigenvalue weighted by atomic mass is 16.6. The number of carbonyl (C=O) groups excluding carboxylic acids is 1. The molecule has 1 aromatic carbocycles. The lowest BCUT2D eigenvalue weighted by atomic mass is 10.0. The molecule has 0 aliphatic rings. The van der Waals surface area contributed by atoms with Gasteiger partial charge in [-0.2, -0.15) is 0 Å². The number of methoxy groups -OCH3 is 2. The van der Waals surface area contributed by atoms with Gasteiger partial charge in [0.1, 0.15) is 23.1 Å². The van der Waals surface area contributed by atoms with Crippen molar-refractivity contribution in [3.63, 3.8) is 0 Å². The number of carboxylic acid groups (broad SMARTS) is 1. The number of amides is 1. The first kappa shape index (κ1) is 18.6. The molecule has 128 valence electrons. The lowest BCUT2D eigenvalue weighted by Gasteiger charge is -2.22. The fraction of sp³-hybridized carbons (Fsp3) is 0.500. The van der Waals surface area contributed by atoms with Gasteiger partial charge in [0.15, 0.2) is 0 Å². The maximum atomic E-state index is 11.8. The van der Waals surface area contributed by atoms with E-state index in [-0.39, 0.29) is 6.42 Å². The van der Waals surface area contributed by atoms with Crippen molar-refractivity contribution < 1.29 is 28.9 Å². The highest BCUT2D eigenvalue weighted by Crippen LogP contribution is 2.29. The van der Waals surface area contributed by atoms with E-state index >= 15 is 0 Å². The van der Waals surface area contributed by atoms with Crippen molar-refractivity contribution >= 4 is 12.1 Å². The number of nitrogens with one attached hydrogen (secondary N) is 1. The van der Waals surface area contributed by atoms with Gasteiger partial charge in [-0.3, -0.25) is 0 Å². The van der Waals surface area contributed by atoms with E-state index in [1.807, 2.05) is 0 Å². The van der Waals surface area contributed by atoms with Crippen LogP contribution in [0, 0.1) is 0 Å². The van der Waals surface area contributed by atoms with Gasteiger partial charge in [-0.15, -0.1) is 0 Å². The molecule has 0 heterocycles. The second-order valence-corrected chi connectivity index (χ2v) is 5.88. The largest absolute Gasteiger partial charge is 0.496 e. The summed E-state index contributed by atoms with van der Waals surface area (Å²) in [5.74, 6) is -0.202. The Morgan fingerprint density at radius 1 is 1.17 bits per heavy atom. The van der Waals surface area contributed by atoms with Crippen molar-refractivity contribution in [3.8, 4) is 11.5 Å². The summed E-state index contributed by atoms with van der Waals surface area (Å²) >= 11 is 0. The van der Waals surface area contributed by atoms with Crippen LogP contribution in [0.3, 0.4) is 0 Å². The predicted octanol–water partition coefficient (Wildman–Crippen LogP) is 2.22. The highest BCUT2D eigenvalue weighted by molar-refractivity contribution is 5.80. The van der Waals surface area contributed by atoms with E-state index < -0.39 is 23.7 Å². The number of hydrogen-bond acceptors (Lipinski definition) is 5. The molecule has 0 fully saturated rings. The smallest absolute Gasteiger partial charge is 0.408 e. The molecule has 0 saturated heterocycles. The summed E-state index contributed by atoms with van der Waals surface area (Å²) in [7, 11) is 2.96. The minimum atomic E-state index is -1.18. The van der Waals surface area contributed by atoms with Gasteiger partial charge in [0.05, 0.1) is 14.2 Å². The van der Waals surface area contributed by atoms with Crippen LogP contribution in [0.5, 0.6) is 11.5 Å². The van der Waals surface area contributed by atoms with E-state index in [1.165, 1.54) is 14.2 Å². The van der Waals surface area contributed by atoms with E-state index in [0.29, 0.717) is 17.1 Å². The second kappa shape index (κ2) is 7.71. The molecule has 0 spiro atoms. The number of carbonyl (C=O) groups is 2. The van der Waals surface area contributed by atoms with Crippen LogP contribution < -0.4 is 14.8 Å². The lowest BCUT2D eigenvalue weighted by molar-refractivity contribution is -0.139. The Kier molecular flexibility index (Phi) is 6.24. The van der Waals surface area contributed by atoms with Crippen molar-refractivity contribution in [1.29, 1.82) is 0 Å². The Morgan fingerprint density at radius 3 is 2.09 bits per heavy atom. The van der Waals surface area contributed by atoms with Crippen molar-refractivity contribution in [3.05, 3.63) is 23.8 Å². The summed E-state index contributed by atoms with van der Waals surface area (Å²) in [5, 5.41) is 11.7. The average Bonchev–Trinajstić information content (AvgIpc) is 2.44. The first-order valence-electron chi connectivity index (χ1n) is 7.10. The molecule has 1 aromatic rings. The van der Waals surface area contributed by atoms with Crippen LogP contribution in [0.4, 0.5) is 4.79 Å². The number of aliphatic carboxylic acids is 1. The zero-order valence-electron chi connectivity index (χ0n) is 14.0. The first-order valence-corrected chi connectivity index (χ1v) is 7.10. The molecule has 1 amide bonds. The van der Waals surface area contributed by atoms with Gasteiger partial charge < -0.3 is 24.6 Å². The van der Waals surface area contributed by atoms with E-state index in [2.05, 4.69) is 5.32 Å². The third kappa shape index (κ3) is 5.69. The second-order valence-electron chi connectivity index (χ2n) is 5.88. The lowest BCUT2D eigenvalue weighted by Crippen LogP contribution is -2.44. The van der Waals surface area contributed by atoms with Crippen molar-refractivity contribution in [1.82, 2.24) is 5.32 Å². The summed E-state index contributed by atoms with van der Waals surface area (Å²) in [6, 6.07) is 3.96. The summed E-state index contributed by atoms with van der Waals surface area (Å²) in [4.78, 5) is 23.3. The maximum absolute atomic E-state index is 11.8. The fourth-order valence-electron chi connectivity index (χ4n) is 1.98. The van der Waals surface area contributed by atoms with Crippen molar-refractivity contribution in [2.75, 3.05) is 14.2 Å². The number of alkyl carbamates (subject to hydrolysis) is 1. The van der Waals surface area contributed by atoms with Gasteiger partial charge in [0.25, 0.3) is 0 Å². The van der Waals surface area contributed by atoms with E-state index in [0.717, 1.165) is 0 Å². The molecule has 0 bridgehead atoms. The highest BCUT2D eigenvalue weighted by Gasteiger charge is 2.26. The Labute approximate surface area is 135 Å². The Hall–Kier alpha value is -2.44. The minimum absolute atomic E-state index is 0.00175. The molecule has 1 atom stereocenters. The number of rotatable bonds is 6. The van der Waals surface area contributed by atoms with Gasteiger partial charge in [0.2, 0.25) is 0 Å². The zero-order valence-corrected chi connectivity index (χ0v) is 14.0. The van der Waals surface area contributed by atoms with Crippen molar-refractivity contribution in [2.24, 2.45) is 0 Å². The molecule has 0 aliphatic carbocycles. The van der Waals surface area contributed by atoms with Crippen LogP contribution in [-0.2, 0) is 16.0 Å². The quantitative estimate of drug-likeness (QED) is 0.833. The van der Waals surface area contributed by atoms with Crippen LogP contribution >= 0.6 is 0 Å². The summed E-state index contributed by atoms with van der Waals surface area (Å²) < 4.78 is 15.6. The van der Waals surface area contributed by atoms with Gasteiger partial charge >= 0.3 is 12.1 Å². The number of benzene rings is 1. The average molecular weight is 325 g/mol. The normalized spacial score (nSPS) is 12.2. The molecule has 2 N–H and O–H groups in total. The molecule has 7 nitrogen and oxygen atoms in total. The van der Waals surface area contributed by atoms with E-state index in [4.69, 9.17) is 14.2 Å². The number of carboxylic acids is 1. The third-order valence-electron chi connectivity index (χ3n) is 2.93. The predicted molar refractivity (Wildman–Crippen MR) is 84.0 cm³/mol. The molecule has 0 radical (unpaired) electrons. The van der Waals surface area contributed by atoms with Crippen LogP contribution in [-0.4, -0.2) is 43.0 Å².